The molecular weight excluding hydrogens is 350 g/mol. The lowest BCUT2D eigenvalue weighted by molar-refractivity contribution is -0.119. The minimum absolute atomic E-state index is 0.00331. The van der Waals surface area contributed by atoms with Crippen LogP contribution in [0.5, 0.6) is 0 Å². The Bertz CT molecular complexity index is 966. The molecule has 132 valence electrons. The van der Waals surface area contributed by atoms with Gasteiger partial charge in [-0.15, -0.1) is 0 Å². The van der Waals surface area contributed by atoms with E-state index in [0.717, 1.165) is 22.3 Å². The summed E-state index contributed by atoms with van der Waals surface area (Å²) in [5.41, 5.74) is 4.29. The number of hydrogen-bond acceptors (Lipinski definition) is 5. The van der Waals surface area contributed by atoms with Crippen LogP contribution in [0.2, 0.25) is 0 Å². The van der Waals surface area contributed by atoms with E-state index in [0.29, 0.717) is 17.2 Å². The molecule has 0 aliphatic carbocycles. The van der Waals surface area contributed by atoms with Gasteiger partial charge in [-0.2, -0.15) is 0 Å². The number of aromatic nitrogens is 1. The summed E-state index contributed by atoms with van der Waals surface area (Å²) in [5.74, 6) is 0.130. The Labute approximate surface area is 154 Å². The Balaban J connectivity index is 1.35. The lowest BCUT2D eigenvalue weighted by Crippen LogP contribution is -2.28. The molecule has 2 aromatic carbocycles. The number of hydrogen-bond donors (Lipinski definition) is 2. The number of rotatable bonds is 5. The highest BCUT2D eigenvalue weighted by atomic mass is 32.2. The standard InChI is InChI=1S/C19H17N3O3S/c1-11(12-6-7-14-13(8-12)9-17(23)21-14)20-18(24)10-26-19-22-15-4-2-3-5-16(15)25-19/h2-8,11H,9-10H2,1H3,(H,20,24)(H,21,23)/t11-/m0/s1. The summed E-state index contributed by atoms with van der Waals surface area (Å²) in [4.78, 5) is 28.0. The van der Waals surface area contributed by atoms with E-state index in [2.05, 4.69) is 15.6 Å². The topological polar surface area (TPSA) is 84.2 Å². The van der Waals surface area contributed by atoms with Crippen LogP contribution in [0.3, 0.4) is 0 Å². The highest BCUT2D eigenvalue weighted by molar-refractivity contribution is 7.99. The quantitative estimate of drug-likeness (QED) is 0.676. The number of benzene rings is 2. The fourth-order valence-corrected chi connectivity index (χ4v) is 3.57. The minimum Gasteiger partial charge on any atom is -0.431 e. The van der Waals surface area contributed by atoms with Gasteiger partial charge in [0.2, 0.25) is 11.8 Å². The molecule has 7 heteroatoms. The second-order valence-electron chi connectivity index (χ2n) is 6.17. The molecule has 1 atom stereocenters. The van der Waals surface area contributed by atoms with Crippen molar-refractivity contribution in [2.24, 2.45) is 0 Å². The molecule has 1 aromatic heterocycles. The first-order chi connectivity index (χ1) is 12.6. The molecule has 4 rings (SSSR count). The molecule has 0 radical (unpaired) electrons. The predicted octanol–water partition coefficient (Wildman–Crippen LogP) is 3.29. The third-order valence-electron chi connectivity index (χ3n) is 4.23. The first-order valence-corrected chi connectivity index (χ1v) is 9.27. The molecule has 0 fully saturated rings. The van der Waals surface area contributed by atoms with Gasteiger partial charge in [0.15, 0.2) is 5.58 Å². The Morgan fingerprint density at radius 2 is 2.19 bits per heavy atom. The Morgan fingerprint density at radius 1 is 1.35 bits per heavy atom. The van der Waals surface area contributed by atoms with Crippen molar-refractivity contribution in [3.63, 3.8) is 0 Å². The summed E-state index contributed by atoms with van der Waals surface area (Å²) < 4.78 is 5.60. The van der Waals surface area contributed by atoms with E-state index in [1.807, 2.05) is 49.4 Å². The fourth-order valence-electron chi connectivity index (χ4n) is 2.93. The Hall–Kier alpha value is -2.80. The molecule has 1 aliphatic heterocycles. The van der Waals surface area contributed by atoms with Gasteiger partial charge in [-0.3, -0.25) is 9.59 Å². The van der Waals surface area contributed by atoms with Gasteiger partial charge in [-0.25, -0.2) is 4.98 Å². The van der Waals surface area contributed by atoms with Crippen LogP contribution in [0.4, 0.5) is 5.69 Å². The maximum absolute atomic E-state index is 12.2. The van der Waals surface area contributed by atoms with Crippen LogP contribution in [0.15, 0.2) is 52.1 Å². The maximum Gasteiger partial charge on any atom is 0.257 e. The van der Waals surface area contributed by atoms with E-state index >= 15 is 0 Å². The van der Waals surface area contributed by atoms with Crippen molar-refractivity contribution in [1.82, 2.24) is 10.3 Å². The zero-order valence-corrected chi connectivity index (χ0v) is 14.9. The van der Waals surface area contributed by atoms with Crippen LogP contribution in [0.25, 0.3) is 11.1 Å². The molecular formula is C19H17N3O3S. The zero-order valence-electron chi connectivity index (χ0n) is 14.1. The van der Waals surface area contributed by atoms with Crippen LogP contribution in [-0.4, -0.2) is 22.6 Å². The largest absolute Gasteiger partial charge is 0.431 e. The summed E-state index contributed by atoms with van der Waals surface area (Å²) in [7, 11) is 0. The molecule has 3 aromatic rings. The van der Waals surface area contributed by atoms with Crippen LogP contribution in [-0.2, 0) is 16.0 Å². The lowest BCUT2D eigenvalue weighted by atomic mass is 10.0. The number of nitrogens with one attached hydrogen (secondary N) is 2. The highest BCUT2D eigenvalue weighted by Gasteiger charge is 2.19. The number of para-hydroxylation sites is 2. The van der Waals surface area contributed by atoms with Crippen molar-refractivity contribution < 1.29 is 14.0 Å². The molecule has 1 aliphatic rings. The minimum atomic E-state index is -0.146. The number of carbonyl (C=O) groups excluding carboxylic acids is 2. The molecule has 2 amide bonds. The Morgan fingerprint density at radius 3 is 3.04 bits per heavy atom. The van der Waals surface area contributed by atoms with Crippen LogP contribution < -0.4 is 10.6 Å². The molecule has 0 spiro atoms. The summed E-state index contributed by atoms with van der Waals surface area (Å²) in [6.45, 7) is 1.92. The summed E-state index contributed by atoms with van der Waals surface area (Å²) >= 11 is 1.27. The number of thioether (sulfide) groups is 1. The molecule has 0 saturated heterocycles. The van der Waals surface area contributed by atoms with Gasteiger partial charge in [0, 0.05) is 5.69 Å². The van der Waals surface area contributed by atoms with E-state index in [-0.39, 0.29) is 23.6 Å². The van der Waals surface area contributed by atoms with Crippen molar-refractivity contribution in [3.8, 4) is 0 Å². The van der Waals surface area contributed by atoms with Crippen molar-refractivity contribution >= 4 is 40.4 Å². The van der Waals surface area contributed by atoms with Crippen molar-refractivity contribution in [1.29, 1.82) is 0 Å². The first kappa shape index (κ1) is 16.7. The van der Waals surface area contributed by atoms with Gasteiger partial charge in [0.1, 0.15) is 5.52 Å². The molecule has 6 nitrogen and oxygen atoms in total. The molecule has 26 heavy (non-hydrogen) atoms. The van der Waals surface area contributed by atoms with E-state index in [1.54, 1.807) is 0 Å². The molecule has 0 unspecified atom stereocenters. The number of fused-ring (bicyclic) bond motifs is 2. The lowest BCUT2D eigenvalue weighted by Gasteiger charge is -2.15. The van der Waals surface area contributed by atoms with Gasteiger partial charge >= 0.3 is 0 Å². The number of anilines is 1. The number of carbonyl (C=O) groups is 2. The average Bonchev–Trinajstić information content (AvgIpc) is 3.20. The van der Waals surface area contributed by atoms with E-state index in [1.165, 1.54) is 11.8 Å². The summed E-state index contributed by atoms with van der Waals surface area (Å²) in [5, 5.41) is 6.26. The van der Waals surface area contributed by atoms with Crippen LogP contribution in [0.1, 0.15) is 24.1 Å². The molecule has 0 bridgehead atoms. The third kappa shape index (κ3) is 3.43. The molecule has 0 saturated carbocycles. The second kappa shape index (κ2) is 6.84. The second-order valence-corrected chi connectivity index (χ2v) is 7.09. The predicted molar refractivity (Wildman–Crippen MR) is 100 cm³/mol. The van der Waals surface area contributed by atoms with Gasteiger partial charge in [-0.05, 0) is 36.2 Å². The molecule has 2 heterocycles. The van der Waals surface area contributed by atoms with Gasteiger partial charge < -0.3 is 15.1 Å². The van der Waals surface area contributed by atoms with Crippen molar-refractivity contribution in [3.05, 3.63) is 53.6 Å². The van der Waals surface area contributed by atoms with Crippen molar-refractivity contribution in [2.75, 3.05) is 11.1 Å². The monoisotopic (exact) mass is 367 g/mol. The first-order valence-electron chi connectivity index (χ1n) is 8.29. The fraction of sp³-hybridized carbons (Fsp3) is 0.211. The number of amides is 2. The Kier molecular flexibility index (Phi) is 4.38. The van der Waals surface area contributed by atoms with Crippen LogP contribution >= 0.6 is 11.8 Å². The normalized spacial score (nSPS) is 14.1. The smallest absolute Gasteiger partial charge is 0.257 e. The van der Waals surface area contributed by atoms with Crippen molar-refractivity contribution in [2.45, 2.75) is 24.6 Å². The average molecular weight is 367 g/mol. The van der Waals surface area contributed by atoms with Gasteiger partial charge in [0.05, 0.1) is 18.2 Å². The van der Waals surface area contributed by atoms with Gasteiger partial charge in [-0.1, -0.05) is 36.0 Å². The zero-order chi connectivity index (χ0) is 18.1. The van der Waals surface area contributed by atoms with E-state index in [9.17, 15) is 9.59 Å². The van der Waals surface area contributed by atoms with Gasteiger partial charge in [0.25, 0.3) is 5.22 Å². The number of oxazole rings is 1. The van der Waals surface area contributed by atoms with E-state index < -0.39 is 0 Å². The summed E-state index contributed by atoms with van der Waals surface area (Å²) in [6, 6.07) is 13.1. The number of nitrogens with zero attached hydrogens (tertiary/aromatic N) is 1. The van der Waals surface area contributed by atoms with E-state index in [4.69, 9.17) is 4.42 Å². The SMILES string of the molecule is C[C@H](NC(=O)CSc1nc2ccccc2o1)c1ccc2c(c1)CC(=O)N2. The maximum atomic E-state index is 12.2. The van der Waals surface area contributed by atoms with Crippen LogP contribution in [0, 0.1) is 0 Å². The third-order valence-corrected chi connectivity index (χ3v) is 5.06. The summed E-state index contributed by atoms with van der Waals surface area (Å²) in [6.07, 6.45) is 0.386. The molecule has 2 N–H and O–H groups in total. The highest BCUT2D eigenvalue weighted by Crippen LogP contribution is 2.27.